The predicted octanol–water partition coefficient (Wildman–Crippen LogP) is 21.6. The van der Waals surface area contributed by atoms with E-state index < -0.39 is 32.5 Å². The quantitative estimate of drug-likeness (QED) is 0.0264. The molecular formula is C73H120NO8P. The normalized spacial score (nSPS) is 14.0. The third-order valence-electron chi connectivity index (χ3n) is 13.4. The van der Waals surface area contributed by atoms with E-state index >= 15 is 0 Å². The van der Waals surface area contributed by atoms with E-state index in [-0.39, 0.29) is 32.6 Å². The van der Waals surface area contributed by atoms with Gasteiger partial charge in [0.25, 0.3) is 0 Å². The van der Waals surface area contributed by atoms with E-state index in [4.69, 9.17) is 24.3 Å². The molecule has 0 rings (SSSR count). The first-order chi connectivity index (χ1) is 40.8. The summed E-state index contributed by atoms with van der Waals surface area (Å²) in [6.07, 6.45) is 97.4. The van der Waals surface area contributed by atoms with Crippen LogP contribution >= 0.6 is 7.82 Å². The molecule has 0 saturated carbocycles. The molecule has 3 N–H and O–H groups in total. The average molecular weight is 1170 g/mol. The number of esters is 2. The van der Waals surface area contributed by atoms with E-state index in [0.29, 0.717) is 12.8 Å². The minimum atomic E-state index is -4.40. The Bertz CT molecular complexity index is 1920. The van der Waals surface area contributed by atoms with E-state index in [1.165, 1.54) is 89.9 Å². The number of carbonyl (C=O) groups is 2. The second kappa shape index (κ2) is 66.8. The number of hydrogen-bond acceptors (Lipinski definition) is 8. The Morgan fingerprint density at radius 1 is 0.361 bits per heavy atom. The van der Waals surface area contributed by atoms with E-state index in [1.54, 1.807) is 0 Å². The molecule has 0 radical (unpaired) electrons. The maximum Gasteiger partial charge on any atom is 0.472 e. The van der Waals surface area contributed by atoms with E-state index in [9.17, 15) is 19.0 Å². The second-order valence-electron chi connectivity index (χ2n) is 21.2. The molecule has 0 aliphatic rings. The van der Waals surface area contributed by atoms with Crippen molar-refractivity contribution in [2.45, 2.75) is 264 Å². The molecule has 9 nitrogen and oxygen atoms in total. The minimum Gasteiger partial charge on any atom is -0.462 e. The number of phosphoric ester groups is 1. The van der Waals surface area contributed by atoms with Gasteiger partial charge < -0.3 is 20.1 Å². The number of unbranched alkanes of at least 4 members (excludes halogenated alkanes) is 21. The Morgan fingerprint density at radius 3 is 0.928 bits per heavy atom. The molecule has 10 heteroatoms. The van der Waals surface area contributed by atoms with Crippen LogP contribution in [0.4, 0.5) is 0 Å². The molecule has 0 heterocycles. The Labute approximate surface area is 509 Å². The molecule has 0 aromatic heterocycles. The van der Waals surface area contributed by atoms with Crippen molar-refractivity contribution in [2.75, 3.05) is 26.4 Å². The summed E-state index contributed by atoms with van der Waals surface area (Å²) in [6.45, 7) is 3.50. The summed E-state index contributed by atoms with van der Waals surface area (Å²) in [5, 5.41) is 0. The molecular weight excluding hydrogens is 1050 g/mol. The molecule has 0 bridgehead atoms. The summed E-state index contributed by atoms with van der Waals surface area (Å²) < 4.78 is 33.1. The Morgan fingerprint density at radius 2 is 0.627 bits per heavy atom. The molecule has 2 unspecified atom stereocenters. The van der Waals surface area contributed by atoms with Crippen molar-refractivity contribution in [2.24, 2.45) is 5.73 Å². The highest BCUT2D eigenvalue weighted by molar-refractivity contribution is 7.47. The van der Waals surface area contributed by atoms with Gasteiger partial charge in [0.2, 0.25) is 0 Å². The summed E-state index contributed by atoms with van der Waals surface area (Å²) in [5.74, 6) is -0.847. The van der Waals surface area contributed by atoms with E-state index in [2.05, 4.69) is 172 Å². The monoisotopic (exact) mass is 1170 g/mol. The number of nitrogens with two attached hydrogens (primary N) is 1. The molecule has 2 atom stereocenters. The first-order valence-corrected chi connectivity index (χ1v) is 34.5. The van der Waals surface area contributed by atoms with Crippen LogP contribution in [0.2, 0.25) is 0 Å². The lowest BCUT2D eigenvalue weighted by atomic mass is 10.0. The number of ether oxygens (including phenoxy) is 2. The maximum absolute atomic E-state index is 12.8. The van der Waals surface area contributed by atoms with Gasteiger partial charge in [-0.05, 0) is 122 Å². The van der Waals surface area contributed by atoms with Crippen LogP contribution < -0.4 is 5.73 Å². The zero-order valence-electron chi connectivity index (χ0n) is 52.6. The van der Waals surface area contributed by atoms with Gasteiger partial charge in [-0.3, -0.25) is 18.6 Å². The average Bonchev–Trinajstić information content (AvgIpc) is 3.48. The number of phosphoric acid groups is 1. The standard InChI is InChI=1S/C73H120NO8P/c1-3-5-7-9-11-13-15-17-19-21-23-25-27-28-29-30-31-32-33-34-35-36-37-38-39-40-41-42-44-46-48-50-52-54-56-58-60-62-64-66-73(76)82-71(70-81-83(77,78)80-68-67-74)69-79-72(75)65-63-61-59-57-55-53-51-49-47-45-43-26-24-22-20-18-16-14-12-10-8-6-4-2/h5-8,11-14,17-20,23-26,28-29,31-32,34-35,37-38,45,47,71H,3-4,9-10,15-16,21-22,27,30,33,36,39-44,46,48-70,74H2,1-2H3,(H,77,78)/b7-5-,8-6-,13-11-,14-12-,19-17-,20-18-,25-23-,26-24-,29-28-,32-31-,35-34-,38-37-,47-45-. The number of carbonyl (C=O) groups excluding carboxylic acids is 2. The van der Waals surface area contributed by atoms with Crippen LogP contribution in [-0.4, -0.2) is 49.3 Å². The smallest absolute Gasteiger partial charge is 0.462 e. The summed E-state index contributed by atoms with van der Waals surface area (Å²) >= 11 is 0. The largest absolute Gasteiger partial charge is 0.472 e. The molecule has 0 aliphatic carbocycles. The first kappa shape index (κ1) is 78.6. The van der Waals surface area contributed by atoms with Crippen LogP contribution in [0.15, 0.2) is 158 Å². The van der Waals surface area contributed by atoms with Crippen LogP contribution in [0, 0.1) is 0 Å². The van der Waals surface area contributed by atoms with Gasteiger partial charge in [-0.15, -0.1) is 0 Å². The van der Waals surface area contributed by atoms with Gasteiger partial charge in [-0.1, -0.05) is 281 Å². The fraction of sp³-hybridized carbons (Fsp3) is 0.616. The van der Waals surface area contributed by atoms with Crippen molar-refractivity contribution in [3.8, 4) is 0 Å². The lowest BCUT2D eigenvalue weighted by Crippen LogP contribution is -2.29. The summed E-state index contributed by atoms with van der Waals surface area (Å²) in [6, 6.07) is 0. The van der Waals surface area contributed by atoms with Crippen LogP contribution in [0.3, 0.4) is 0 Å². The van der Waals surface area contributed by atoms with Crippen LogP contribution in [0.5, 0.6) is 0 Å². The third-order valence-corrected chi connectivity index (χ3v) is 14.4. The molecule has 0 amide bonds. The van der Waals surface area contributed by atoms with Crippen molar-refractivity contribution in [3.05, 3.63) is 158 Å². The number of rotatable bonds is 60. The summed E-state index contributed by atoms with van der Waals surface area (Å²) in [4.78, 5) is 35.3. The number of hydrogen-bond donors (Lipinski definition) is 2. The Balaban J connectivity index is 3.95. The van der Waals surface area contributed by atoms with Gasteiger partial charge in [0.15, 0.2) is 6.10 Å². The van der Waals surface area contributed by atoms with Crippen molar-refractivity contribution in [3.63, 3.8) is 0 Å². The summed E-state index contributed by atoms with van der Waals surface area (Å²) in [5.41, 5.74) is 5.39. The molecule has 0 aromatic rings. The molecule has 83 heavy (non-hydrogen) atoms. The fourth-order valence-corrected chi connectivity index (χ4v) is 9.39. The van der Waals surface area contributed by atoms with Gasteiger partial charge in [-0.2, -0.15) is 0 Å². The van der Waals surface area contributed by atoms with Crippen molar-refractivity contribution in [1.82, 2.24) is 0 Å². The Hall–Kier alpha value is -4.37. The van der Waals surface area contributed by atoms with E-state index in [1.807, 2.05) is 0 Å². The molecule has 0 aliphatic heterocycles. The third kappa shape index (κ3) is 66.6. The highest BCUT2D eigenvalue weighted by atomic mass is 31.2. The minimum absolute atomic E-state index is 0.0446. The zero-order valence-corrected chi connectivity index (χ0v) is 53.5. The van der Waals surface area contributed by atoms with Gasteiger partial charge in [0, 0.05) is 19.4 Å². The van der Waals surface area contributed by atoms with Crippen molar-refractivity contribution < 1.29 is 37.6 Å². The topological polar surface area (TPSA) is 134 Å². The lowest BCUT2D eigenvalue weighted by Gasteiger charge is -2.19. The Kier molecular flexibility index (Phi) is 63.3. The van der Waals surface area contributed by atoms with Crippen LogP contribution in [-0.2, 0) is 32.7 Å². The number of allylic oxidation sites excluding steroid dienone is 26. The summed E-state index contributed by atoms with van der Waals surface area (Å²) in [7, 11) is -4.40. The second-order valence-corrected chi connectivity index (χ2v) is 22.7. The van der Waals surface area contributed by atoms with Crippen molar-refractivity contribution >= 4 is 19.8 Å². The van der Waals surface area contributed by atoms with Gasteiger partial charge in [0.05, 0.1) is 13.2 Å². The van der Waals surface area contributed by atoms with Gasteiger partial charge in [0.1, 0.15) is 6.61 Å². The molecule has 470 valence electrons. The maximum atomic E-state index is 12.8. The fourth-order valence-electron chi connectivity index (χ4n) is 8.62. The molecule has 0 aromatic carbocycles. The first-order valence-electron chi connectivity index (χ1n) is 33.0. The van der Waals surface area contributed by atoms with Crippen molar-refractivity contribution in [1.29, 1.82) is 0 Å². The van der Waals surface area contributed by atoms with E-state index in [0.717, 1.165) is 128 Å². The molecule has 0 saturated heterocycles. The van der Waals surface area contributed by atoms with Gasteiger partial charge >= 0.3 is 19.8 Å². The predicted molar refractivity (Wildman–Crippen MR) is 357 cm³/mol. The highest BCUT2D eigenvalue weighted by Crippen LogP contribution is 2.43. The van der Waals surface area contributed by atoms with Crippen LogP contribution in [0.1, 0.15) is 258 Å². The molecule has 0 spiro atoms. The molecule has 0 fully saturated rings. The lowest BCUT2D eigenvalue weighted by molar-refractivity contribution is -0.161. The van der Waals surface area contributed by atoms with Crippen LogP contribution in [0.25, 0.3) is 0 Å². The zero-order chi connectivity index (χ0) is 60.1. The highest BCUT2D eigenvalue weighted by Gasteiger charge is 2.26. The van der Waals surface area contributed by atoms with Gasteiger partial charge in [-0.25, -0.2) is 4.57 Å². The SMILES string of the molecule is CC/C=C\C/C=C\C/C=C\C/C=C\C/C=C\C/C=C\C/C=C\C/C=C\CCCCCCCCCCCCCCCCC(=O)OC(COC(=O)CCCCCCCCC/C=C\C/C=C\C/C=C\C/C=C\C/C=C\CC)COP(=O)(O)OCCN.